The molecule has 10 rings (SSSR count). The highest BCUT2D eigenvalue weighted by atomic mass is 32.1. The maximum absolute atomic E-state index is 14.3. The topological polar surface area (TPSA) is 233 Å². The third-order valence-corrected chi connectivity index (χ3v) is 16.6. The summed E-state index contributed by atoms with van der Waals surface area (Å²) in [7, 11) is 1.86. The average Bonchev–Trinajstić information content (AvgIpc) is 4.19. The Morgan fingerprint density at radius 1 is 0.943 bits per heavy atom. The number of pyridine rings is 1. The number of benzene rings is 1. The van der Waals surface area contributed by atoms with Crippen LogP contribution in [-0.2, 0) is 24.6 Å². The minimum atomic E-state index is -1.00. The van der Waals surface area contributed by atoms with Crippen LogP contribution in [0.25, 0.3) is 37.9 Å². The van der Waals surface area contributed by atoms with E-state index in [1.807, 2.05) is 89.6 Å². The first-order valence-corrected chi connectivity index (χ1v) is 25.5. The van der Waals surface area contributed by atoms with Crippen LogP contribution in [0.4, 0.5) is 5.69 Å². The Morgan fingerprint density at radius 2 is 1.67 bits per heavy atom. The molecule has 5 N–H and O–H groups in total. The van der Waals surface area contributed by atoms with Crippen molar-refractivity contribution in [2.45, 2.75) is 128 Å². The third kappa shape index (κ3) is 9.64. The molecule has 0 radical (unpaired) electrons. The summed E-state index contributed by atoms with van der Waals surface area (Å²) < 4.78 is 1.76. The molecule has 3 saturated carbocycles. The summed E-state index contributed by atoms with van der Waals surface area (Å²) in [5.74, 6) is -1.49. The Balaban J connectivity index is 0.776. The van der Waals surface area contributed by atoms with Gasteiger partial charge in [-0.3, -0.25) is 24.2 Å². The standard InChI is InChI=1S/C51H58N12O5S2/c1-29(32-7-9-33(10-8-32)43-30(2)55-28-69-43)57-45(67)40-22-35(64)27-62(40)47(68)44(49(3,4)5)58-41(65)13-14-42(66)59-51-18-15-50(16-19-51,17-20-51)48-61-60-46(70-48)36-26-54-38(23-37(36)53-6)39-12-11-34-21-31(24-52)25-56-63(34)39/h7-12,21,23,25-26,28-29,35,40,44,64H,13-20,22,27H2,1-6H3,(H,53,54)(H,57,67)(H,58,65)(H,59,66)/t29-,35+,40-,44+,50?,51?/m0/s1. The largest absolute Gasteiger partial charge is 0.391 e. The molecule has 4 amide bonds. The molecule has 2 bridgehead atoms. The second-order valence-electron chi connectivity index (χ2n) is 20.2. The lowest BCUT2D eigenvalue weighted by Crippen LogP contribution is -2.58. The SMILES string of the molecule is CNc1cc(-c2ccc3cc(C#N)cnn23)ncc1-c1nnc(C23CCC(NC(=O)CCC(=O)N[C@H](C(=O)N4C[C@H](O)C[C@H]4C(=O)N[C@@H](C)c4ccc(-c5scnc5C)cc4)C(C)(C)C)(CC2)CC3)s1. The molecule has 1 aliphatic heterocycles. The highest BCUT2D eigenvalue weighted by molar-refractivity contribution is 7.15. The molecule has 6 heterocycles. The fourth-order valence-corrected chi connectivity index (χ4v) is 12.3. The summed E-state index contributed by atoms with van der Waals surface area (Å²) in [5.41, 5.74) is 7.97. The number of likely N-dealkylation sites (tertiary alicyclic amines) is 1. The van der Waals surface area contributed by atoms with E-state index in [1.54, 1.807) is 39.5 Å². The molecule has 1 aromatic carbocycles. The van der Waals surface area contributed by atoms with E-state index in [-0.39, 0.29) is 54.6 Å². The molecule has 364 valence electrons. The zero-order valence-electron chi connectivity index (χ0n) is 40.2. The number of nitriles is 1. The van der Waals surface area contributed by atoms with E-state index in [4.69, 9.17) is 10.1 Å². The summed E-state index contributed by atoms with van der Waals surface area (Å²) in [4.78, 5) is 66.6. The summed E-state index contributed by atoms with van der Waals surface area (Å²) in [5, 5.41) is 48.1. The van der Waals surface area contributed by atoms with Crippen LogP contribution < -0.4 is 21.3 Å². The number of hydrogen-bond donors (Lipinski definition) is 5. The van der Waals surface area contributed by atoms with Gasteiger partial charge in [0.1, 0.15) is 23.2 Å². The first-order valence-electron chi connectivity index (χ1n) is 23.8. The molecule has 4 fully saturated rings. The number of thiazole rings is 1. The van der Waals surface area contributed by atoms with Gasteiger partial charge in [0.05, 0.1) is 62.5 Å². The number of amides is 4. The first kappa shape index (κ1) is 48.4. The number of aliphatic hydroxyl groups is 1. The first-order chi connectivity index (χ1) is 33.5. The molecule has 70 heavy (non-hydrogen) atoms. The number of aliphatic hydroxyl groups excluding tert-OH is 1. The zero-order valence-corrected chi connectivity index (χ0v) is 41.8. The van der Waals surface area contributed by atoms with Crippen molar-refractivity contribution < 1.29 is 24.3 Å². The van der Waals surface area contributed by atoms with Crippen LogP contribution in [0, 0.1) is 23.7 Å². The van der Waals surface area contributed by atoms with Gasteiger partial charge < -0.3 is 31.3 Å². The Hall–Kier alpha value is -6.62. The number of carbonyl (C=O) groups is 4. The maximum atomic E-state index is 14.3. The van der Waals surface area contributed by atoms with Crippen LogP contribution in [0.1, 0.15) is 113 Å². The normalized spacial score (nSPS) is 21.8. The number of nitrogens with one attached hydrogen (secondary N) is 4. The molecule has 0 unspecified atom stereocenters. The Kier molecular flexibility index (Phi) is 13.3. The molecule has 0 spiro atoms. The molecule has 5 aromatic heterocycles. The van der Waals surface area contributed by atoms with Gasteiger partial charge in [0.15, 0.2) is 5.01 Å². The van der Waals surface area contributed by atoms with Gasteiger partial charge in [-0.1, -0.05) is 56.4 Å². The van der Waals surface area contributed by atoms with Gasteiger partial charge in [0.2, 0.25) is 23.6 Å². The molecule has 1 saturated heterocycles. The lowest BCUT2D eigenvalue weighted by molar-refractivity contribution is -0.144. The monoisotopic (exact) mass is 982 g/mol. The van der Waals surface area contributed by atoms with E-state index in [0.717, 1.165) is 98.4 Å². The number of rotatable bonds is 14. The van der Waals surface area contributed by atoms with Gasteiger partial charge in [-0.2, -0.15) is 10.4 Å². The van der Waals surface area contributed by atoms with Gasteiger partial charge in [0.25, 0.3) is 0 Å². The van der Waals surface area contributed by atoms with Crippen LogP contribution in [0.2, 0.25) is 0 Å². The molecule has 19 heteroatoms. The van der Waals surface area contributed by atoms with Crippen LogP contribution in [0.5, 0.6) is 0 Å². The number of fused-ring (bicyclic) bond motifs is 4. The number of nitrogens with zero attached hydrogens (tertiary/aromatic N) is 8. The van der Waals surface area contributed by atoms with Gasteiger partial charge in [-0.05, 0) is 93.2 Å². The average molecular weight is 983 g/mol. The zero-order chi connectivity index (χ0) is 49.5. The maximum Gasteiger partial charge on any atom is 0.246 e. The molecular formula is C51H58N12O5S2. The Morgan fingerprint density at radius 3 is 2.34 bits per heavy atom. The fraction of sp³-hybridized carbons (Fsp3) is 0.451. The fourth-order valence-electron chi connectivity index (χ4n) is 10.3. The number of carbonyl (C=O) groups excluding carboxylic acids is 4. The minimum absolute atomic E-state index is 0.0376. The van der Waals surface area contributed by atoms with Crippen LogP contribution >= 0.6 is 22.7 Å². The second kappa shape index (κ2) is 19.3. The minimum Gasteiger partial charge on any atom is -0.391 e. The molecule has 4 atom stereocenters. The number of aromatic nitrogens is 6. The number of β-amino-alcohol motifs (C(OH)–C–C–N with tert-alkyl or cyclic N) is 1. The molecule has 3 aliphatic carbocycles. The van der Waals surface area contributed by atoms with Gasteiger partial charge in [0, 0.05) is 55.7 Å². The van der Waals surface area contributed by atoms with E-state index in [2.05, 4.69) is 42.5 Å². The van der Waals surface area contributed by atoms with Crippen molar-refractivity contribution in [1.29, 1.82) is 5.26 Å². The quantitative estimate of drug-likeness (QED) is 0.0753. The number of anilines is 1. The Labute approximate surface area is 414 Å². The van der Waals surface area contributed by atoms with Crippen LogP contribution in [-0.4, -0.2) is 101 Å². The van der Waals surface area contributed by atoms with Crippen LogP contribution in [0.15, 0.2) is 66.4 Å². The van der Waals surface area contributed by atoms with Crippen molar-refractivity contribution in [3.05, 3.63) is 88.3 Å². The lowest BCUT2D eigenvalue weighted by Gasteiger charge is -2.52. The van der Waals surface area contributed by atoms with E-state index in [9.17, 15) is 29.5 Å². The van der Waals surface area contributed by atoms with Crippen LogP contribution in [0.3, 0.4) is 0 Å². The number of aryl methyl sites for hydroxylation is 1. The summed E-state index contributed by atoms with van der Waals surface area (Å²) >= 11 is 3.15. The van der Waals surface area contributed by atoms with Gasteiger partial charge in [-0.25, -0.2) is 9.50 Å². The van der Waals surface area contributed by atoms with E-state index in [1.165, 1.54) is 11.1 Å². The van der Waals surface area contributed by atoms with Gasteiger partial charge >= 0.3 is 0 Å². The molecule has 17 nitrogen and oxygen atoms in total. The van der Waals surface area contributed by atoms with Gasteiger partial charge in [-0.15, -0.1) is 21.5 Å². The van der Waals surface area contributed by atoms with Crippen molar-refractivity contribution in [3.63, 3.8) is 0 Å². The summed E-state index contributed by atoms with van der Waals surface area (Å²) in [6, 6.07) is 15.4. The second-order valence-corrected chi connectivity index (χ2v) is 22.0. The van der Waals surface area contributed by atoms with Crippen molar-refractivity contribution in [2.75, 3.05) is 18.9 Å². The Bertz CT molecular complexity index is 2980. The van der Waals surface area contributed by atoms with Crippen molar-refractivity contribution >= 4 is 57.5 Å². The van der Waals surface area contributed by atoms with E-state index < -0.39 is 35.4 Å². The summed E-state index contributed by atoms with van der Waals surface area (Å²) in [6.07, 6.45) is 7.24. The summed E-state index contributed by atoms with van der Waals surface area (Å²) in [6.45, 7) is 9.32. The molecule has 4 aliphatic rings. The number of hydrogen-bond acceptors (Lipinski definition) is 14. The lowest BCUT2D eigenvalue weighted by atomic mass is 9.57. The van der Waals surface area contributed by atoms with E-state index >= 15 is 0 Å². The predicted molar refractivity (Wildman–Crippen MR) is 267 cm³/mol. The molecular weight excluding hydrogens is 925 g/mol. The highest BCUT2D eigenvalue weighted by Crippen LogP contribution is 2.55. The van der Waals surface area contributed by atoms with Crippen molar-refractivity contribution in [3.8, 4) is 38.5 Å². The smallest absolute Gasteiger partial charge is 0.246 e. The molecule has 6 aromatic rings. The van der Waals surface area contributed by atoms with Crippen molar-refractivity contribution in [1.82, 2.24) is 50.6 Å². The third-order valence-electron chi connectivity index (χ3n) is 14.5. The van der Waals surface area contributed by atoms with Crippen molar-refractivity contribution in [2.24, 2.45) is 5.41 Å². The van der Waals surface area contributed by atoms with E-state index in [0.29, 0.717) is 5.56 Å². The highest BCUT2D eigenvalue weighted by Gasteiger charge is 2.52. The predicted octanol–water partition coefficient (Wildman–Crippen LogP) is 6.87.